The van der Waals surface area contributed by atoms with Crippen molar-refractivity contribution in [3.8, 4) is 0 Å². The number of carbonyl (C=O) groups excluding carboxylic acids is 1. The zero-order chi connectivity index (χ0) is 22.9. The van der Waals surface area contributed by atoms with Gasteiger partial charge < -0.3 is 19.1 Å². The van der Waals surface area contributed by atoms with Crippen LogP contribution in [0.5, 0.6) is 0 Å². The number of likely N-dealkylation sites (tertiary alicyclic amines) is 1. The molecule has 2 aromatic carbocycles. The lowest BCUT2D eigenvalue weighted by molar-refractivity contribution is 0.0199. The molecule has 1 atom stereocenters. The van der Waals surface area contributed by atoms with E-state index >= 15 is 0 Å². The monoisotopic (exact) mass is 434 g/mol. The van der Waals surface area contributed by atoms with Crippen molar-refractivity contribution in [3.63, 3.8) is 0 Å². The van der Waals surface area contributed by atoms with Gasteiger partial charge in [-0.2, -0.15) is 0 Å². The molecule has 170 valence electrons. The number of aromatic nitrogens is 2. The average molecular weight is 435 g/mol. The summed E-state index contributed by atoms with van der Waals surface area (Å²) in [6.07, 6.45) is 1.74. The lowest BCUT2D eigenvalue weighted by Crippen LogP contribution is -2.50. The van der Waals surface area contributed by atoms with Crippen LogP contribution in [-0.2, 0) is 11.3 Å². The summed E-state index contributed by atoms with van der Waals surface area (Å²) in [4.78, 5) is 21.7. The molecule has 0 bridgehead atoms. The molecule has 2 heterocycles. The molecule has 1 amide bonds. The van der Waals surface area contributed by atoms with E-state index in [2.05, 4.69) is 65.9 Å². The maximum absolute atomic E-state index is 12.7. The molecule has 1 aromatic heterocycles. The fourth-order valence-electron chi connectivity index (χ4n) is 4.37. The molecular weight excluding hydrogens is 400 g/mol. The van der Waals surface area contributed by atoms with Gasteiger partial charge in [0.05, 0.1) is 17.6 Å². The van der Waals surface area contributed by atoms with Crippen LogP contribution >= 0.6 is 0 Å². The second-order valence-electron chi connectivity index (χ2n) is 9.75. The summed E-state index contributed by atoms with van der Waals surface area (Å²) < 4.78 is 7.92. The number of para-hydroxylation sites is 2. The zero-order valence-electron chi connectivity index (χ0n) is 19.8. The molecule has 1 aliphatic heterocycles. The van der Waals surface area contributed by atoms with E-state index in [0.717, 1.165) is 42.9 Å². The fourth-order valence-corrected chi connectivity index (χ4v) is 4.37. The summed E-state index contributed by atoms with van der Waals surface area (Å²) in [6.45, 7) is 10.0. The van der Waals surface area contributed by atoms with Gasteiger partial charge >= 0.3 is 6.09 Å². The lowest BCUT2D eigenvalue weighted by Gasteiger charge is -2.38. The molecule has 6 heteroatoms. The van der Waals surface area contributed by atoms with Crippen LogP contribution in [0.4, 0.5) is 10.7 Å². The summed E-state index contributed by atoms with van der Waals surface area (Å²) >= 11 is 0. The Labute approximate surface area is 190 Å². The first-order valence-corrected chi connectivity index (χ1v) is 11.4. The number of anilines is 1. The number of fused-ring (bicyclic) bond motifs is 1. The number of imidazole rings is 1. The first-order valence-electron chi connectivity index (χ1n) is 11.4. The van der Waals surface area contributed by atoms with Crippen LogP contribution < -0.4 is 4.90 Å². The average Bonchev–Trinajstić information content (AvgIpc) is 3.12. The minimum absolute atomic E-state index is 0.184. The number of aryl methyl sites for hydroxylation is 1. The summed E-state index contributed by atoms with van der Waals surface area (Å²) in [6, 6.07) is 17.0. The van der Waals surface area contributed by atoms with Crippen molar-refractivity contribution in [2.75, 3.05) is 25.0 Å². The third-order valence-electron chi connectivity index (χ3n) is 6.14. The van der Waals surface area contributed by atoms with Gasteiger partial charge in [0.15, 0.2) is 0 Å². The van der Waals surface area contributed by atoms with Crippen LogP contribution in [0.1, 0.15) is 44.7 Å². The van der Waals surface area contributed by atoms with Crippen LogP contribution in [0.25, 0.3) is 11.0 Å². The molecule has 4 rings (SSSR count). The smallest absolute Gasteiger partial charge is 0.410 e. The number of nitrogens with zero attached hydrogens (tertiary/aromatic N) is 4. The summed E-state index contributed by atoms with van der Waals surface area (Å²) in [5, 5.41) is 0. The van der Waals surface area contributed by atoms with E-state index in [9.17, 15) is 4.79 Å². The van der Waals surface area contributed by atoms with Gasteiger partial charge in [-0.15, -0.1) is 0 Å². The van der Waals surface area contributed by atoms with Gasteiger partial charge in [0.1, 0.15) is 5.60 Å². The Morgan fingerprint density at radius 1 is 1.16 bits per heavy atom. The van der Waals surface area contributed by atoms with Crippen molar-refractivity contribution in [1.29, 1.82) is 0 Å². The molecule has 0 spiro atoms. The van der Waals surface area contributed by atoms with Gasteiger partial charge in [-0.1, -0.05) is 36.4 Å². The molecule has 32 heavy (non-hydrogen) atoms. The topological polar surface area (TPSA) is 50.6 Å². The molecule has 1 aliphatic rings. The normalized spacial score (nSPS) is 16.9. The molecule has 0 radical (unpaired) electrons. The molecule has 6 nitrogen and oxygen atoms in total. The quantitative estimate of drug-likeness (QED) is 0.564. The molecular formula is C26H34N4O2. The van der Waals surface area contributed by atoms with E-state index in [1.54, 1.807) is 0 Å². The number of amides is 1. The summed E-state index contributed by atoms with van der Waals surface area (Å²) in [5.41, 5.74) is 4.18. The van der Waals surface area contributed by atoms with Crippen molar-refractivity contribution < 1.29 is 9.53 Å². The lowest BCUT2D eigenvalue weighted by atomic mass is 10.1. The third-order valence-corrected chi connectivity index (χ3v) is 6.14. The second-order valence-corrected chi connectivity index (χ2v) is 9.75. The minimum Gasteiger partial charge on any atom is -0.444 e. The number of likely N-dealkylation sites (N-methyl/N-ethyl adjacent to an activating group) is 1. The Morgan fingerprint density at radius 2 is 1.88 bits per heavy atom. The van der Waals surface area contributed by atoms with E-state index < -0.39 is 5.60 Å². The molecule has 3 aromatic rings. The highest BCUT2D eigenvalue weighted by atomic mass is 16.6. The number of ether oxygens (including phenoxy) is 1. The van der Waals surface area contributed by atoms with E-state index in [4.69, 9.17) is 9.72 Å². The number of benzene rings is 2. The highest BCUT2D eigenvalue weighted by molar-refractivity contribution is 5.79. The molecule has 1 saturated heterocycles. The largest absolute Gasteiger partial charge is 0.444 e. The molecule has 1 unspecified atom stereocenters. The number of piperidine rings is 1. The van der Waals surface area contributed by atoms with Gasteiger partial charge in [-0.05, 0) is 63.8 Å². The fraction of sp³-hybridized carbons (Fsp3) is 0.462. The van der Waals surface area contributed by atoms with Gasteiger partial charge in [-0.3, -0.25) is 0 Å². The maximum Gasteiger partial charge on any atom is 0.410 e. The highest BCUT2D eigenvalue weighted by Gasteiger charge is 2.31. The van der Waals surface area contributed by atoms with Gasteiger partial charge in [0, 0.05) is 26.2 Å². The predicted molar refractivity (Wildman–Crippen MR) is 129 cm³/mol. The van der Waals surface area contributed by atoms with Crippen molar-refractivity contribution >= 4 is 23.1 Å². The Morgan fingerprint density at radius 3 is 2.62 bits per heavy atom. The van der Waals surface area contributed by atoms with Crippen LogP contribution in [-0.4, -0.2) is 52.3 Å². The van der Waals surface area contributed by atoms with E-state index in [0.29, 0.717) is 6.54 Å². The number of hydrogen-bond donors (Lipinski definition) is 0. The molecule has 1 fully saturated rings. The standard InChI is InChI=1S/C26H34N4O2/c1-19-11-6-7-12-20(19)17-30-23-15-9-8-14-22(23)27-24(30)28(5)21-13-10-16-29(18-21)25(31)32-26(2,3)4/h6-9,11-12,14-15,21H,10,13,16-18H2,1-5H3. The Bertz CT molecular complexity index is 1100. The van der Waals surface area contributed by atoms with Crippen LogP contribution in [0.15, 0.2) is 48.5 Å². The molecule has 0 saturated carbocycles. The van der Waals surface area contributed by atoms with E-state index in [1.807, 2.05) is 31.7 Å². The summed E-state index contributed by atoms with van der Waals surface area (Å²) in [5.74, 6) is 0.936. The Hall–Kier alpha value is -3.02. The van der Waals surface area contributed by atoms with Gasteiger partial charge in [0.2, 0.25) is 5.95 Å². The number of hydrogen-bond acceptors (Lipinski definition) is 4. The van der Waals surface area contributed by atoms with Crippen LogP contribution in [0.2, 0.25) is 0 Å². The van der Waals surface area contributed by atoms with Crippen molar-refractivity contribution in [2.24, 2.45) is 0 Å². The maximum atomic E-state index is 12.7. The van der Waals surface area contributed by atoms with Crippen molar-refractivity contribution in [2.45, 2.75) is 58.7 Å². The summed E-state index contributed by atoms with van der Waals surface area (Å²) in [7, 11) is 2.10. The predicted octanol–water partition coefficient (Wildman–Crippen LogP) is 5.23. The second kappa shape index (κ2) is 8.85. The number of carbonyl (C=O) groups is 1. The third kappa shape index (κ3) is 4.74. The first kappa shape index (κ1) is 22.2. The van der Waals surface area contributed by atoms with Gasteiger partial charge in [0.25, 0.3) is 0 Å². The SMILES string of the molecule is Cc1ccccc1Cn1c(N(C)C2CCCN(C(=O)OC(C)(C)C)C2)nc2ccccc21. The molecule has 0 N–H and O–H groups in total. The zero-order valence-corrected chi connectivity index (χ0v) is 19.8. The van der Waals surface area contributed by atoms with E-state index in [1.165, 1.54) is 11.1 Å². The van der Waals surface area contributed by atoms with Crippen molar-refractivity contribution in [3.05, 3.63) is 59.7 Å². The minimum atomic E-state index is -0.489. The highest BCUT2D eigenvalue weighted by Crippen LogP contribution is 2.28. The first-order chi connectivity index (χ1) is 15.2. The molecule has 0 aliphatic carbocycles. The Balaban J connectivity index is 1.62. The van der Waals surface area contributed by atoms with Crippen LogP contribution in [0, 0.1) is 6.92 Å². The van der Waals surface area contributed by atoms with Gasteiger partial charge in [-0.25, -0.2) is 9.78 Å². The Kier molecular flexibility index (Phi) is 6.13. The van der Waals surface area contributed by atoms with Crippen molar-refractivity contribution in [1.82, 2.24) is 14.5 Å². The number of rotatable bonds is 4. The van der Waals surface area contributed by atoms with Crippen LogP contribution in [0.3, 0.4) is 0 Å². The van der Waals surface area contributed by atoms with E-state index in [-0.39, 0.29) is 12.1 Å².